The number of hydrogen-bond donors (Lipinski definition) is 1. The number of oxime groups is 1. The SMILES string of the molecule is CON=C(CC(=O)OC(C)(C)C)C(=O)NC1C(=O)N2C(C(=O)OCc3ccc(OC)cc3)=C(C[n+]3ccc(-c4cc(C(=O)N=C=[N-])n(C(=O)OC(C)(C)C)c4)cc3)CSC12. The Labute approximate surface area is 350 Å². The third kappa shape index (κ3) is 10.9. The highest BCUT2D eigenvalue weighted by molar-refractivity contribution is 8.00. The molecule has 0 radical (unpaired) electrons. The molecular weight excluding hydrogens is 799 g/mol. The van der Waals surface area contributed by atoms with E-state index >= 15 is 0 Å². The number of pyridine rings is 1. The Balaban J connectivity index is 1.40. The van der Waals surface area contributed by atoms with Gasteiger partial charge in [-0.25, -0.2) is 18.7 Å². The zero-order chi connectivity index (χ0) is 43.9. The van der Waals surface area contributed by atoms with Gasteiger partial charge in [0.1, 0.15) is 47.8 Å². The Morgan fingerprint density at radius 2 is 1.63 bits per heavy atom. The van der Waals surface area contributed by atoms with Crippen molar-refractivity contribution in [2.24, 2.45) is 10.1 Å². The number of ether oxygens (including phenoxy) is 4. The van der Waals surface area contributed by atoms with Crippen LogP contribution in [0.3, 0.4) is 0 Å². The highest BCUT2D eigenvalue weighted by Crippen LogP contribution is 2.41. The lowest BCUT2D eigenvalue weighted by molar-refractivity contribution is -0.689. The number of β-lactam (4-membered cyclic amide) rings is 1. The molecule has 2 atom stereocenters. The fourth-order valence-corrected chi connectivity index (χ4v) is 7.40. The predicted molar refractivity (Wildman–Crippen MR) is 217 cm³/mol. The molecule has 1 fully saturated rings. The number of thioether (sulfide) groups is 1. The minimum atomic E-state index is -1.06. The van der Waals surface area contributed by atoms with Gasteiger partial charge in [-0.15, -0.1) is 17.8 Å². The standard InChI is InChI=1S/C41H45N7O11S/c1-40(2,3)58-31(49)18-29(45-56-8)34(50)44-32-36(52)48-33(38(53)57-21-24-9-11-28(55-7)12-10-24)27(22-60-37(32)48)19-46-15-13-25(14-16-46)26-17-30(35(51)43-23-42)47(20-26)39(54)59-41(4,5)6/h9-17,20,32,37H,18-19,21-22H2,1-8H3,(H,44,50). The summed E-state index contributed by atoms with van der Waals surface area (Å²) in [6, 6.07) is 12.2. The largest absolute Gasteiger partial charge is 0.497 e. The molecule has 0 bridgehead atoms. The fourth-order valence-electron chi connectivity index (χ4n) is 6.06. The van der Waals surface area contributed by atoms with Gasteiger partial charge in [-0.3, -0.25) is 24.1 Å². The van der Waals surface area contributed by atoms with E-state index in [9.17, 15) is 28.8 Å². The summed E-state index contributed by atoms with van der Waals surface area (Å²) in [7, 11) is 2.75. The number of aliphatic imine (C=N–C) groups is 1. The maximum Gasteiger partial charge on any atom is 0.419 e. The third-order valence-electron chi connectivity index (χ3n) is 8.63. The summed E-state index contributed by atoms with van der Waals surface area (Å²) in [4.78, 5) is 88.5. The second-order valence-electron chi connectivity index (χ2n) is 15.5. The molecule has 5 rings (SSSR count). The van der Waals surface area contributed by atoms with Crippen molar-refractivity contribution in [3.05, 3.63) is 89.0 Å². The minimum Gasteiger partial charge on any atom is -0.497 e. The van der Waals surface area contributed by atoms with Crippen LogP contribution in [0.2, 0.25) is 0 Å². The van der Waals surface area contributed by atoms with E-state index in [0.29, 0.717) is 28.0 Å². The molecule has 2 unspecified atom stereocenters. The van der Waals surface area contributed by atoms with E-state index in [0.717, 1.165) is 4.57 Å². The highest BCUT2D eigenvalue weighted by atomic mass is 32.2. The van der Waals surface area contributed by atoms with E-state index in [1.54, 1.807) is 94.9 Å². The number of rotatable bonds is 13. The van der Waals surface area contributed by atoms with Crippen LogP contribution in [0.1, 0.15) is 64.0 Å². The fraction of sp³-hybridized carbons (Fsp3) is 0.390. The van der Waals surface area contributed by atoms with Crippen molar-refractivity contribution >= 4 is 59.2 Å². The van der Waals surface area contributed by atoms with Crippen molar-refractivity contribution in [2.75, 3.05) is 20.0 Å². The number of methoxy groups -OCH3 is 1. The van der Waals surface area contributed by atoms with E-state index in [-0.39, 0.29) is 36.0 Å². The number of hydrogen-bond acceptors (Lipinski definition) is 13. The van der Waals surface area contributed by atoms with Crippen LogP contribution in [0, 0.1) is 0 Å². The molecule has 0 saturated carbocycles. The lowest BCUT2D eigenvalue weighted by atomic mass is 10.0. The van der Waals surface area contributed by atoms with Crippen molar-refractivity contribution in [1.82, 2.24) is 14.8 Å². The molecule has 3 amide bonds. The number of aromatic nitrogens is 2. The molecule has 1 N–H and O–H groups in total. The molecule has 4 heterocycles. The minimum absolute atomic E-state index is 0.0257. The van der Waals surface area contributed by atoms with Gasteiger partial charge in [0, 0.05) is 35.2 Å². The number of nitrogens with one attached hydrogen (secondary N) is 1. The van der Waals surface area contributed by atoms with Crippen LogP contribution >= 0.6 is 11.8 Å². The average Bonchev–Trinajstić information content (AvgIpc) is 3.64. The van der Waals surface area contributed by atoms with Crippen molar-refractivity contribution in [3.63, 3.8) is 0 Å². The first kappa shape index (κ1) is 44.5. The average molecular weight is 844 g/mol. The smallest absolute Gasteiger partial charge is 0.419 e. The van der Waals surface area contributed by atoms with Crippen molar-refractivity contribution in [1.29, 1.82) is 0 Å². The maximum atomic E-state index is 13.9. The molecule has 316 valence electrons. The summed E-state index contributed by atoms with van der Waals surface area (Å²) in [5.41, 5.74) is 0.203. The summed E-state index contributed by atoms with van der Waals surface area (Å²) in [5, 5.41) is 14.6. The van der Waals surface area contributed by atoms with Crippen molar-refractivity contribution in [3.8, 4) is 16.9 Å². The van der Waals surface area contributed by atoms with Gasteiger partial charge in [0.15, 0.2) is 24.7 Å². The molecule has 2 aliphatic rings. The van der Waals surface area contributed by atoms with Crippen LogP contribution in [0.25, 0.3) is 16.5 Å². The number of carbonyl (C=O) groups is 6. The highest BCUT2D eigenvalue weighted by Gasteiger charge is 2.55. The topological polar surface area (TPSA) is 220 Å². The molecule has 19 heteroatoms. The molecule has 3 aromatic rings. The Hall–Kier alpha value is -6.59. The molecule has 2 aromatic heterocycles. The lowest BCUT2D eigenvalue weighted by Gasteiger charge is -2.49. The van der Waals surface area contributed by atoms with Crippen LogP contribution < -0.4 is 14.6 Å². The third-order valence-corrected chi connectivity index (χ3v) is 9.97. The molecule has 1 aromatic carbocycles. The number of esters is 2. The second-order valence-corrected chi connectivity index (χ2v) is 16.6. The molecule has 0 aliphatic carbocycles. The quantitative estimate of drug-likeness (QED) is 0.0638. The van der Waals surface area contributed by atoms with Gasteiger partial charge < -0.3 is 39.5 Å². The summed E-state index contributed by atoms with van der Waals surface area (Å²) < 4.78 is 24.5. The Bertz CT molecular complexity index is 2280. The molecular formula is C41H45N7O11S. The number of benzene rings is 1. The Kier molecular flexibility index (Phi) is 13.8. The summed E-state index contributed by atoms with van der Waals surface area (Å²) >= 11 is 1.32. The van der Waals surface area contributed by atoms with Crippen LogP contribution in [-0.4, -0.2) is 99.5 Å². The molecule has 60 heavy (non-hydrogen) atoms. The van der Waals surface area contributed by atoms with E-state index in [1.165, 1.54) is 49.2 Å². The number of nitrogens with zero attached hydrogens (tertiary/aromatic N) is 6. The van der Waals surface area contributed by atoms with E-state index in [4.69, 9.17) is 29.2 Å². The molecule has 18 nitrogen and oxygen atoms in total. The van der Waals surface area contributed by atoms with E-state index < -0.39 is 64.8 Å². The molecule has 0 spiro atoms. The van der Waals surface area contributed by atoms with Crippen molar-refractivity contribution < 1.29 is 57.1 Å². The van der Waals surface area contributed by atoms with Gasteiger partial charge in [0.25, 0.3) is 11.8 Å². The van der Waals surface area contributed by atoms with Crippen LogP contribution in [-0.2, 0) is 51.4 Å². The lowest BCUT2D eigenvalue weighted by Crippen LogP contribution is -2.71. The second kappa shape index (κ2) is 18.6. The molecule has 2 aliphatic heterocycles. The van der Waals surface area contributed by atoms with Gasteiger partial charge in [-0.2, -0.15) is 0 Å². The zero-order valence-corrected chi connectivity index (χ0v) is 35.2. The van der Waals surface area contributed by atoms with Crippen LogP contribution in [0.15, 0.2) is 82.5 Å². The Morgan fingerprint density at radius 1 is 0.967 bits per heavy atom. The van der Waals surface area contributed by atoms with Gasteiger partial charge in [-0.1, -0.05) is 17.3 Å². The van der Waals surface area contributed by atoms with E-state index in [2.05, 4.69) is 15.5 Å². The van der Waals surface area contributed by atoms with E-state index in [1.807, 2.05) is 0 Å². The van der Waals surface area contributed by atoms with Crippen molar-refractivity contribution in [2.45, 2.75) is 83.7 Å². The number of amides is 3. The first-order valence-corrected chi connectivity index (χ1v) is 19.6. The summed E-state index contributed by atoms with van der Waals surface area (Å²) in [6.45, 7) is 10.1. The normalized spacial score (nSPS) is 16.4. The van der Waals surface area contributed by atoms with Crippen LogP contribution in [0.4, 0.5) is 4.79 Å². The first-order chi connectivity index (χ1) is 28.3. The van der Waals surface area contributed by atoms with Gasteiger partial charge in [0.2, 0.25) is 5.91 Å². The van der Waals surface area contributed by atoms with Crippen LogP contribution in [0.5, 0.6) is 5.75 Å². The molecule has 1 saturated heterocycles. The van der Waals surface area contributed by atoms with Gasteiger partial charge in [0.05, 0.1) is 19.2 Å². The Morgan fingerprint density at radius 3 is 2.23 bits per heavy atom. The predicted octanol–water partition coefficient (Wildman–Crippen LogP) is 4.25. The van der Waals surface area contributed by atoms with Gasteiger partial charge >= 0.3 is 18.0 Å². The van der Waals surface area contributed by atoms with Gasteiger partial charge in [-0.05, 0) is 70.9 Å². The number of carbonyl (C=O) groups excluding carboxylic acids is 6. The first-order valence-electron chi connectivity index (χ1n) is 18.5. The monoisotopic (exact) mass is 843 g/mol. The zero-order valence-electron chi connectivity index (χ0n) is 34.3. The summed E-state index contributed by atoms with van der Waals surface area (Å²) in [6.07, 6.45) is 3.52. The summed E-state index contributed by atoms with van der Waals surface area (Å²) in [5.74, 6) is -2.88. The maximum absolute atomic E-state index is 13.9. The number of fused-ring (bicyclic) bond motifs is 1.